The summed E-state index contributed by atoms with van der Waals surface area (Å²) in [5.74, 6) is 0.578. The van der Waals surface area contributed by atoms with E-state index in [4.69, 9.17) is 11.6 Å². The first-order valence-electron chi connectivity index (χ1n) is 9.09. The Balaban J connectivity index is 1.55. The zero-order chi connectivity index (χ0) is 19.0. The minimum atomic E-state index is -0.106. The molecule has 1 aromatic heterocycles. The number of hydrogen-bond acceptors (Lipinski definition) is 3. The highest BCUT2D eigenvalue weighted by Crippen LogP contribution is 2.35. The summed E-state index contributed by atoms with van der Waals surface area (Å²) in [5, 5.41) is 4.18. The molecule has 138 valence electrons. The molecule has 1 aliphatic rings. The van der Waals surface area contributed by atoms with Crippen LogP contribution in [0.5, 0.6) is 0 Å². The number of fused-ring (bicyclic) bond motifs is 1. The maximum absolute atomic E-state index is 12.9. The van der Waals surface area contributed by atoms with Crippen LogP contribution < -0.4 is 10.9 Å². The second kappa shape index (κ2) is 7.16. The van der Waals surface area contributed by atoms with Gasteiger partial charge in [-0.15, -0.1) is 0 Å². The van der Waals surface area contributed by atoms with Crippen LogP contribution in [0.4, 0.5) is 5.69 Å². The van der Waals surface area contributed by atoms with Crippen LogP contribution in [0.1, 0.15) is 36.7 Å². The Bertz CT molecular complexity index is 1090. The van der Waals surface area contributed by atoms with Gasteiger partial charge in [0.25, 0.3) is 5.56 Å². The summed E-state index contributed by atoms with van der Waals surface area (Å²) in [6.45, 7) is 1.90. The van der Waals surface area contributed by atoms with E-state index in [0.29, 0.717) is 28.2 Å². The van der Waals surface area contributed by atoms with E-state index >= 15 is 0 Å². The van der Waals surface area contributed by atoms with Crippen LogP contribution in [0.2, 0.25) is 5.02 Å². The topological polar surface area (TPSA) is 64.0 Å². The lowest BCUT2D eigenvalue weighted by atomic mass is 10.2. The van der Waals surface area contributed by atoms with Gasteiger partial charge in [-0.25, -0.2) is 4.98 Å². The molecule has 0 atom stereocenters. The number of rotatable bonds is 5. The highest BCUT2D eigenvalue weighted by Gasteiger charge is 2.28. The van der Waals surface area contributed by atoms with Crippen LogP contribution in [0.25, 0.3) is 10.9 Å². The van der Waals surface area contributed by atoms with Crippen molar-refractivity contribution in [1.82, 2.24) is 9.55 Å². The van der Waals surface area contributed by atoms with Crippen molar-refractivity contribution in [2.24, 2.45) is 0 Å². The van der Waals surface area contributed by atoms with E-state index < -0.39 is 0 Å². The molecule has 2 aromatic carbocycles. The molecule has 0 radical (unpaired) electrons. The second-order valence-electron chi connectivity index (χ2n) is 6.96. The molecule has 4 rings (SSSR count). The van der Waals surface area contributed by atoms with Crippen LogP contribution in [0.15, 0.2) is 47.3 Å². The molecular formula is C21H20ClN3O2. The summed E-state index contributed by atoms with van der Waals surface area (Å²) in [6, 6.07) is 12.9. The lowest BCUT2D eigenvalue weighted by molar-refractivity contribution is -0.116. The first kappa shape index (κ1) is 17.7. The number of aromatic nitrogens is 2. The number of hydrogen-bond donors (Lipinski definition) is 1. The highest BCUT2D eigenvalue weighted by molar-refractivity contribution is 6.30. The van der Waals surface area contributed by atoms with Gasteiger partial charge in [-0.05, 0) is 55.7 Å². The first-order valence-corrected chi connectivity index (χ1v) is 9.47. The van der Waals surface area contributed by atoms with Crippen molar-refractivity contribution in [3.05, 3.63) is 69.2 Å². The van der Waals surface area contributed by atoms with Crippen LogP contribution in [0.3, 0.4) is 0 Å². The largest absolute Gasteiger partial charge is 0.326 e. The third-order valence-electron chi connectivity index (χ3n) is 4.83. The Morgan fingerprint density at radius 2 is 2.04 bits per heavy atom. The van der Waals surface area contributed by atoms with Crippen molar-refractivity contribution < 1.29 is 4.79 Å². The van der Waals surface area contributed by atoms with E-state index in [9.17, 15) is 9.59 Å². The van der Waals surface area contributed by atoms with Gasteiger partial charge < -0.3 is 5.32 Å². The molecule has 1 aliphatic carbocycles. The standard InChI is InChI=1S/C21H20ClN3O2/c1-13-12-14(22)6-9-17(13)24-20(26)11-10-19-23-18-5-3-2-4-16(18)21(27)25(19)15-7-8-15/h2-6,9,12,15H,7-8,10-11H2,1H3,(H,24,26). The summed E-state index contributed by atoms with van der Waals surface area (Å²) in [5.41, 5.74) is 2.33. The third-order valence-corrected chi connectivity index (χ3v) is 5.07. The van der Waals surface area contributed by atoms with Gasteiger partial charge in [-0.1, -0.05) is 23.7 Å². The molecule has 0 unspecified atom stereocenters. The van der Waals surface area contributed by atoms with Crippen LogP contribution in [-0.4, -0.2) is 15.5 Å². The SMILES string of the molecule is Cc1cc(Cl)ccc1NC(=O)CCc1nc2ccccc2c(=O)n1C1CC1. The number of halogens is 1. The van der Waals surface area contributed by atoms with E-state index in [0.717, 1.165) is 24.1 Å². The zero-order valence-electron chi connectivity index (χ0n) is 15.0. The van der Waals surface area contributed by atoms with Crippen molar-refractivity contribution in [2.45, 2.75) is 38.6 Å². The molecule has 1 amide bonds. The Labute approximate surface area is 162 Å². The fraction of sp³-hybridized carbons (Fsp3) is 0.286. The van der Waals surface area contributed by atoms with Crippen molar-refractivity contribution >= 4 is 34.1 Å². The van der Waals surface area contributed by atoms with Gasteiger partial charge in [-0.2, -0.15) is 0 Å². The number of aryl methyl sites for hydroxylation is 2. The molecular weight excluding hydrogens is 362 g/mol. The van der Waals surface area contributed by atoms with Crippen LogP contribution in [0, 0.1) is 6.92 Å². The Kier molecular flexibility index (Phi) is 4.70. The second-order valence-corrected chi connectivity index (χ2v) is 7.40. The average molecular weight is 382 g/mol. The zero-order valence-corrected chi connectivity index (χ0v) is 15.8. The quantitative estimate of drug-likeness (QED) is 0.718. The predicted octanol–water partition coefficient (Wildman–Crippen LogP) is 4.26. The van der Waals surface area contributed by atoms with Crippen molar-refractivity contribution in [3.8, 4) is 0 Å². The van der Waals surface area contributed by atoms with Gasteiger partial charge >= 0.3 is 0 Å². The maximum atomic E-state index is 12.9. The van der Waals surface area contributed by atoms with E-state index in [1.165, 1.54) is 0 Å². The molecule has 27 heavy (non-hydrogen) atoms. The molecule has 0 bridgehead atoms. The summed E-state index contributed by atoms with van der Waals surface area (Å²) in [6.07, 6.45) is 2.67. The first-order chi connectivity index (χ1) is 13.0. The van der Waals surface area contributed by atoms with Gasteiger partial charge in [0.1, 0.15) is 5.82 Å². The molecule has 0 aliphatic heterocycles. The van der Waals surface area contributed by atoms with E-state index in [1.54, 1.807) is 16.7 Å². The van der Waals surface area contributed by atoms with Crippen molar-refractivity contribution in [2.75, 3.05) is 5.32 Å². The van der Waals surface area contributed by atoms with Gasteiger partial charge in [0, 0.05) is 29.6 Å². The Hall–Kier alpha value is -2.66. The van der Waals surface area contributed by atoms with Gasteiger partial charge in [-0.3, -0.25) is 14.2 Å². The molecule has 0 saturated heterocycles. The molecule has 5 nitrogen and oxygen atoms in total. The molecule has 0 spiro atoms. The minimum absolute atomic E-state index is 0.00736. The van der Waals surface area contributed by atoms with Crippen molar-refractivity contribution in [1.29, 1.82) is 0 Å². The summed E-state index contributed by atoms with van der Waals surface area (Å²) < 4.78 is 1.78. The van der Waals surface area contributed by atoms with Gasteiger partial charge in [0.05, 0.1) is 10.9 Å². The van der Waals surface area contributed by atoms with Gasteiger partial charge in [0.2, 0.25) is 5.91 Å². The number of carbonyl (C=O) groups is 1. The number of amides is 1. The summed E-state index contributed by atoms with van der Waals surface area (Å²) in [4.78, 5) is 29.9. The van der Waals surface area contributed by atoms with Crippen LogP contribution in [-0.2, 0) is 11.2 Å². The van der Waals surface area contributed by atoms with Gasteiger partial charge in [0.15, 0.2) is 0 Å². The Morgan fingerprint density at radius 3 is 2.78 bits per heavy atom. The number of benzene rings is 2. The smallest absolute Gasteiger partial charge is 0.261 e. The maximum Gasteiger partial charge on any atom is 0.261 e. The lowest BCUT2D eigenvalue weighted by Gasteiger charge is -2.13. The summed E-state index contributed by atoms with van der Waals surface area (Å²) >= 11 is 5.96. The van der Waals surface area contributed by atoms with E-state index in [-0.39, 0.29) is 23.9 Å². The van der Waals surface area contributed by atoms with E-state index in [2.05, 4.69) is 10.3 Å². The number of anilines is 1. The Morgan fingerprint density at radius 1 is 1.26 bits per heavy atom. The molecule has 1 saturated carbocycles. The highest BCUT2D eigenvalue weighted by atomic mass is 35.5. The number of carbonyl (C=O) groups excluding carboxylic acids is 1. The monoisotopic (exact) mass is 381 g/mol. The number of nitrogens with one attached hydrogen (secondary N) is 1. The minimum Gasteiger partial charge on any atom is -0.326 e. The predicted molar refractivity (Wildman–Crippen MR) is 107 cm³/mol. The average Bonchev–Trinajstić information content (AvgIpc) is 3.47. The van der Waals surface area contributed by atoms with Crippen molar-refractivity contribution in [3.63, 3.8) is 0 Å². The van der Waals surface area contributed by atoms with E-state index in [1.807, 2.05) is 37.3 Å². The molecule has 3 aromatic rings. The molecule has 1 N–H and O–H groups in total. The molecule has 1 heterocycles. The fourth-order valence-corrected chi connectivity index (χ4v) is 3.51. The van der Waals surface area contributed by atoms with Crippen LogP contribution >= 0.6 is 11.6 Å². The molecule has 6 heteroatoms. The lowest BCUT2D eigenvalue weighted by Crippen LogP contribution is -2.25. The third kappa shape index (κ3) is 3.74. The normalized spacial score (nSPS) is 13.7. The number of para-hydroxylation sites is 1. The number of nitrogens with zero attached hydrogens (tertiary/aromatic N) is 2. The summed E-state index contributed by atoms with van der Waals surface area (Å²) in [7, 11) is 0. The fourth-order valence-electron chi connectivity index (χ4n) is 3.28. The molecule has 1 fully saturated rings.